The third-order valence-electron chi connectivity index (χ3n) is 5.85. The molecule has 1 aliphatic carbocycles. The minimum Gasteiger partial charge on any atom is -0.295 e. The Balaban J connectivity index is 0.000000527. The number of hydrogen-bond acceptors (Lipinski definition) is 4. The van der Waals surface area contributed by atoms with Crippen molar-refractivity contribution in [3.8, 4) is 0 Å². The predicted molar refractivity (Wildman–Crippen MR) is 141 cm³/mol. The van der Waals surface area contributed by atoms with Crippen molar-refractivity contribution in [2.75, 3.05) is 0 Å². The monoisotopic (exact) mass is 504 g/mol. The first-order valence-corrected chi connectivity index (χ1v) is 13.1. The van der Waals surface area contributed by atoms with E-state index in [0.29, 0.717) is 0 Å². The van der Waals surface area contributed by atoms with Gasteiger partial charge in [0.25, 0.3) is 0 Å². The van der Waals surface area contributed by atoms with Gasteiger partial charge in [0.1, 0.15) is 0 Å². The van der Waals surface area contributed by atoms with Gasteiger partial charge in [-0.3, -0.25) is 13.9 Å². The summed E-state index contributed by atoms with van der Waals surface area (Å²) < 4.78 is 31.3. The van der Waals surface area contributed by atoms with Crippen molar-refractivity contribution >= 4 is 44.8 Å². The minimum absolute atomic E-state index is 0.0984. The van der Waals surface area contributed by atoms with Gasteiger partial charge in [-0.15, -0.1) is 11.8 Å². The van der Waals surface area contributed by atoms with Crippen LogP contribution in [0.3, 0.4) is 0 Å². The zero-order valence-corrected chi connectivity index (χ0v) is 20.6. The van der Waals surface area contributed by atoms with Crippen LogP contribution in [-0.4, -0.2) is 23.3 Å². The van der Waals surface area contributed by atoms with E-state index in [1.807, 2.05) is 23.9 Å². The average Bonchev–Trinajstić information content (AvgIpc) is 2.83. The van der Waals surface area contributed by atoms with Crippen molar-refractivity contribution in [1.29, 1.82) is 0 Å². The summed E-state index contributed by atoms with van der Waals surface area (Å²) in [6.45, 7) is 1.62. The van der Waals surface area contributed by atoms with Crippen LogP contribution in [0.2, 0.25) is 0 Å². The lowest BCUT2D eigenvalue weighted by atomic mass is 9.80. The fourth-order valence-electron chi connectivity index (χ4n) is 4.30. The van der Waals surface area contributed by atoms with E-state index >= 15 is 0 Å². The molecule has 0 heterocycles. The van der Waals surface area contributed by atoms with E-state index in [0.717, 1.165) is 12.0 Å². The van der Waals surface area contributed by atoms with Crippen LogP contribution in [0.5, 0.6) is 0 Å². The predicted octanol–water partition coefficient (Wildman–Crippen LogP) is 6.84. The largest absolute Gasteiger partial charge is 0.394 e. The normalized spacial score (nSPS) is 16.8. The van der Waals surface area contributed by atoms with Crippen molar-refractivity contribution in [2.45, 2.75) is 23.0 Å². The van der Waals surface area contributed by atoms with Gasteiger partial charge in [0.2, 0.25) is 0 Å². The topological polar surface area (TPSA) is 91.7 Å². The van der Waals surface area contributed by atoms with E-state index in [2.05, 4.69) is 91.0 Å². The second-order valence-electron chi connectivity index (χ2n) is 8.22. The number of carbonyl (C=O) groups excluding carboxylic acids is 1. The molecule has 0 spiro atoms. The van der Waals surface area contributed by atoms with Crippen molar-refractivity contribution in [3.05, 3.63) is 119 Å². The molecule has 0 radical (unpaired) electrons. The maximum atomic E-state index is 11.8. The molecular formula is C28H24O5S2. The molecule has 35 heavy (non-hydrogen) atoms. The Bertz CT molecular complexity index is 1490. The van der Waals surface area contributed by atoms with E-state index in [-0.39, 0.29) is 10.5 Å². The summed E-state index contributed by atoms with van der Waals surface area (Å²) in [5.41, 5.74) is 4.57. The van der Waals surface area contributed by atoms with Crippen molar-refractivity contribution < 1.29 is 22.3 Å². The van der Waals surface area contributed by atoms with Crippen LogP contribution in [0.15, 0.2) is 102 Å². The highest BCUT2D eigenvalue weighted by atomic mass is 32.3. The molecule has 5 rings (SSSR count). The molecule has 0 amide bonds. The fourth-order valence-corrected chi connectivity index (χ4v) is 5.72. The van der Waals surface area contributed by atoms with Crippen LogP contribution >= 0.6 is 11.8 Å². The summed E-state index contributed by atoms with van der Waals surface area (Å²) in [7, 11) is -4.67. The quantitative estimate of drug-likeness (QED) is 0.233. The lowest BCUT2D eigenvalue weighted by Crippen LogP contribution is -2.26. The average molecular weight is 505 g/mol. The van der Waals surface area contributed by atoms with E-state index in [4.69, 9.17) is 17.5 Å². The van der Waals surface area contributed by atoms with Crippen LogP contribution in [-0.2, 0) is 15.1 Å². The van der Waals surface area contributed by atoms with Gasteiger partial charge in [0.05, 0.1) is 4.75 Å². The maximum absolute atomic E-state index is 11.8. The lowest BCUT2D eigenvalue weighted by Gasteiger charge is -2.37. The number of rotatable bonds is 4. The Labute approximate surface area is 209 Å². The number of thioether (sulfide) groups is 1. The molecule has 1 unspecified atom stereocenters. The molecule has 5 nitrogen and oxygen atoms in total. The molecule has 4 aromatic carbocycles. The van der Waals surface area contributed by atoms with E-state index < -0.39 is 10.4 Å². The van der Waals surface area contributed by atoms with E-state index in [1.54, 1.807) is 6.92 Å². The van der Waals surface area contributed by atoms with Gasteiger partial charge < -0.3 is 0 Å². The highest BCUT2D eigenvalue weighted by Gasteiger charge is 2.38. The molecular weight excluding hydrogens is 480 g/mol. The number of hydrogen-bond donors (Lipinski definition) is 2. The van der Waals surface area contributed by atoms with Crippen LogP contribution < -0.4 is 0 Å². The molecule has 2 N–H and O–H groups in total. The van der Waals surface area contributed by atoms with Gasteiger partial charge in [-0.1, -0.05) is 78.9 Å². The standard InChI is InChI=1S/C28H22OS.H2O4S/c1-20(29)21-13-15-25(16-14-21)28(30-26-11-3-2-4-12-26)17-7-10-24-18-22-8-5-6-9-23(22)19-27(24)28;1-5(2,3)4/h2-16,18-19H,17H2,1H3;(H2,1,2,3,4). The lowest BCUT2D eigenvalue weighted by molar-refractivity contribution is 0.101. The molecule has 0 fully saturated rings. The summed E-state index contributed by atoms with van der Waals surface area (Å²) in [5.74, 6) is 0.0984. The summed E-state index contributed by atoms with van der Waals surface area (Å²) >= 11 is 1.89. The van der Waals surface area contributed by atoms with E-state index in [9.17, 15) is 4.79 Å². The Morgan fingerprint density at radius 3 is 2.03 bits per heavy atom. The molecule has 178 valence electrons. The highest BCUT2D eigenvalue weighted by molar-refractivity contribution is 8.00. The zero-order valence-electron chi connectivity index (χ0n) is 19.0. The first-order valence-electron chi connectivity index (χ1n) is 10.9. The summed E-state index contributed by atoms with van der Waals surface area (Å²) in [5, 5.41) is 2.51. The second kappa shape index (κ2) is 10.2. The number of carbonyl (C=O) groups is 1. The Kier molecular flexibility index (Phi) is 7.23. The first kappa shape index (κ1) is 24.9. The molecule has 4 aromatic rings. The van der Waals surface area contributed by atoms with Gasteiger partial charge in [-0.25, -0.2) is 0 Å². The minimum atomic E-state index is -4.67. The number of ketones is 1. The molecule has 1 atom stereocenters. The van der Waals surface area contributed by atoms with Crippen molar-refractivity contribution in [2.24, 2.45) is 0 Å². The molecule has 0 bridgehead atoms. The summed E-state index contributed by atoms with van der Waals surface area (Å²) in [4.78, 5) is 13.1. The molecule has 0 saturated heterocycles. The zero-order chi connectivity index (χ0) is 25.1. The molecule has 0 aromatic heterocycles. The SMILES string of the molecule is CC(=O)c1ccc(C2(Sc3ccccc3)CC=Cc3cc4ccccc4cc32)cc1.O=S(=O)(O)O. The molecule has 0 aliphatic heterocycles. The number of fused-ring (bicyclic) bond motifs is 2. The van der Waals surface area contributed by atoms with Crippen molar-refractivity contribution in [3.63, 3.8) is 0 Å². The third-order valence-corrected chi connectivity index (χ3v) is 7.33. The van der Waals surface area contributed by atoms with Gasteiger partial charge in [-0.05, 0) is 65.1 Å². The van der Waals surface area contributed by atoms with Crippen LogP contribution in [0, 0.1) is 0 Å². The summed E-state index contributed by atoms with van der Waals surface area (Å²) in [6.07, 6.45) is 5.43. The molecule has 0 saturated carbocycles. The fraction of sp³-hybridized carbons (Fsp3) is 0.107. The van der Waals surface area contributed by atoms with Crippen molar-refractivity contribution in [1.82, 2.24) is 0 Å². The Morgan fingerprint density at radius 1 is 0.857 bits per heavy atom. The van der Waals surface area contributed by atoms with Crippen LogP contribution in [0.1, 0.15) is 40.4 Å². The Morgan fingerprint density at radius 2 is 1.43 bits per heavy atom. The highest BCUT2D eigenvalue weighted by Crippen LogP contribution is 2.53. The van der Waals surface area contributed by atoms with Crippen LogP contribution in [0.25, 0.3) is 16.8 Å². The number of Topliss-reactive ketones (excluding diaryl/α,β-unsaturated/α-hetero) is 1. The Hall–Kier alpha value is -3.23. The van der Waals surface area contributed by atoms with E-state index in [1.165, 1.54) is 32.4 Å². The smallest absolute Gasteiger partial charge is 0.295 e. The number of allylic oxidation sites excluding steroid dienone is 1. The molecule has 1 aliphatic rings. The van der Waals surface area contributed by atoms with Crippen LogP contribution in [0.4, 0.5) is 0 Å². The van der Waals surface area contributed by atoms with Gasteiger partial charge >= 0.3 is 10.4 Å². The first-order chi connectivity index (χ1) is 16.7. The number of benzene rings is 4. The third kappa shape index (κ3) is 5.89. The van der Waals surface area contributed by atoms with Gasteiger partial charge in [-0.2, -0.15) is 8.42 Å². The maximum Gasteiger partial charge on any atom is 0.394 e. The summed E-state index contributed by atoms with van der Waals surface area (Å²) in [6, 6.07) is 32.0. The van der Waals surface area contributed by atoms with Gasteiger partial charge in [0.15, 0.2) is 5.78 Å². The van der Waals surface area contributed by atoms with Gasteiger partial charge in [0, 0.05) is 10.5 Å². The second-order valence-corrected chi connectivity index (χ2v) is 10.5. The molecule has 7 heteroatoms.